The molecule has 1 aromatic carbocycles. The number of benzene rings is 1. The molecule has 2 heterocycles. The molecule has 0 radical (unpaired) electrons. The second-order valence-electron chi connectivity index (χ2n) is 6.32. The van der Waals surface area contributed by atoms with Gasteiger partial charge in [-0.3, -0.25) is 20.4 Å². The molecule has 1 atom stereocenters. The fraction of sp³-hybridized carbons (Fsp3) is 0.412. The maximum atomic E-state index is 12.2. The second-order valence-corrected chi connectivity index (χ2v) is 7.26. The summed E-state index contributed by atoms with van der Waals surface area (Å²) in [6.45, 7) is 1.98. The summed E-state index contributed by atoms with van der Waals surface area (Å²) in [4.78, 5) is 24.2. The van der Waals surface area contributed by atoms with Crippen molar-refractivity contribution in [3.05, 3.63) is 30.1 Å². The Labute approximate surface area is 159 Å². The molecule has 0 spiro atoms. The number of hydrazine groups is 1. The lowest BCUT2D eigenvalue weighted by Gasteiger charge is -2.25. The number of hydrogen-bond acceptors (Lipinski definition) is 7. The number of carbonyl (C=O) groups excluding carboxylic acids is 2. The van der Waals surface area contributed by atoms with Gasteiger partial charge >= 0.3 is 0 Å². The van der Waals surface area contributed by atoms with Gasteiger partial charge in [-0.25, -0.2) is 0 Å². The third kappa shape index (κ3) is 4.00. The summed E-state index contributed by atoms with van der Waals surface area (Å²) in [5.41, 5.74) is 4.77. The van der Waals surface area contributed by atoms with Crippen LogP contribution in [0, 0.1) is 6.92 Å². The Hall–Kier alpha value is -2.75. The van der Waals surface area contributed by atoms with Crippen molar-refractivity contribution in [1.82, 2.24) is 25.6 Å². The average molecular weight is 389 g/mol. The van der Waals surface area contributed by atoms with E-state index in [0.717, 1.165) is 23.8 Å². The number of nitrogens with one attached hydrogen (secondary N) is 2. The average Bonchev–Trinajstić information content (AvgIpc) is 3.46. The second kappa shape index (κ2) is 7.47. The van der Waals surface area contributed by atoms with E-state index in [4.69, 9.17) is 9.47 Å². The highest BCUT2D eigenvalue weighted by molar-refractivity contribution is 7.99. The molecule has 10 heteroatoms. The molecule has 1 saturated carbocycles. The van der Waals surface area contributed by atoms with Crippen molar-refractivity contribution in [1.29, 1.82) is 0 Å². The lowest BCUT2D eigenvalue weighted by molar-refractivity contribution is -0.134. The van der Waals surface area contributed by atoms with Crippen LogP contribution in [0.1, 0.15) is 24.7 Å². The van der Waals surface area contributed by atoms with E-state index in [9.17, 15) is 9.59 Å². The van der Waals surface area contributed by atoms with Crippen LogP contribution >= 0.6 is 11.8 Å². The van der Waals surface area contributed by atoms with Gasteiger partial charge < -0.3 is 14.0 Å². The van der Waals surface area contributed by atoms with Gasteiger partial charge in [-0.15, -0.1) is 10.2 Å². The number of fused-ring (bicyclic) bond motifs is 1. The highest BCUT2D eigenvalue weighted by atomic mass is 32.2. The molecule has 0 saturated heterocycles. The van der Waals surface area contributed by atoms with Crippen LogP contribution in [0.5, 0.6) is 11.5 Å². The summed E-state index contributed by atoms with van der Waals surface area (Å²) in [5, 5.41) is 8.90. The van der Waals surface area contributed by atoms with Gasteiger partial charge in [0, 0.05) is 6.04 Å². The number of aromatic nitrogens is 3. The predicted octanol–water partition coefficient (Wildman–Crippen LogP) is 1.00. The Morgan fingerprint density at radius 2 is 2.00 bits per heavy atom. The molecule has 1 aromatic heterocycles. The fourth-order valence-corrected chi connectivity index (χ4v) is 3.58. The zero-order valence-corrected chi connectivity index (χ0v) is 15.5. The van der Waals surface area contributed by atoms with Gasteiger partial charge in [0.1, 0.15) is 12.4 Å². The molecule has 1 aliphatic carbocycles. The Morgan fingerprint density at radius 3 is 2.78 bits per heavy atom. The van der Waals surface area contributed by atoms with Gasteiger partial charge in [-0.1, -0.05) is 23.9 Å². The van der Waals surface area contributed by atoms with Crippen LogP contribution in [0.25, 0.3) is 0 Å². The molecule has 9 nitrogen and oxygen atoms in total. The summed E-state index contributed by atoms with van der Waals surface area (Å²) in [6.07, 6.45) is 1.40. The molecule has 1 fully saturated rings. The first-order valence-electron chi connectivity index (χ1n) is 8.63. The molecule has 2 aliphatic rings. The van der Waals surface area contributed by atoms with Crippen LogP contribution < -0.4 is 20.3 Å². The van der Waals surface area contributed by atoms with E-state index in [-0.39, 0.29) is 18.3 Å². The summed E-state index contributed by atoms with van der Waals surface area (Å²) in [7, 11) is 0. The molecule has 2 N–H and O–H groups in total. The molecule has 2 amide bonds. The zero-order valence-electron chi connectivity index (χ0n) is 14.7. The van der Waals surface area contributed by atoms with Gasteiger partial charge in [0.05, 0.1) is 5.75 Å². The normalized spacial score (nSPS) is 18.0. The third-order valence-electron chi connectivity index (χ3n) is 4.21. The zero-order chi connectivity index (χ0) is 18.8. The predicted molar refractivity (Wildman–Crippen MR) is 96.4 cm³/mol. The van der Waals surface area contributed by atoms with Gasteiger partial charge in [-0.05, 0) is 31.9 Å². The number of rotatable bonds is 5. The molecule has 27 heavy (non-hydrogen) atoms. The monoisotopic (exact) mass is 389 g/mol. The number of carbonyl (C=O) groups is 2. The Balaban J connectivity index is 1.24. The first-order chi connectivity index (χ1) is 13.1. The highest BCUT2D eigenvalue weighted by Gasteiger charge is 2.29. The van der Waals surface area contributed by atoms with E-state index in [1.54, 1.807) is 18.2 Å². The number of hydrogen-bond donors (Lipinski definition) is 2. The van der Waals surface area contributed by atoms with Crippen LogP contribution in [0.3, 0.4) is 0 Å². The van der Waals surface area contributed by atoms with Gasteiger partial charge in [0.25, 0.3) is 5.91 Å². The quantitative estimate of drug-likeness (QED) is 0.580. The van der Waals surface area contributed by atoms with Crippen molar-refractivity contribution in [2.75, 3.05) is 12.4 Å². The number of aryl methyl sites for hydroxylation is 1. The van der Waals surface area contributed by atoms with Crippen LogP contribution in [0.2, 0.25) is 0 Å². The maximum absolute atomic E-state index is 12.2. The van der Waals surface area contributed by atoms with E-state index >= 15 is 0 Å². The van der Waals surface area contributed by atoms with Gasteiger partial charge in [0.15, 0.2) is 16.7 Å². The van der Waals surface area contributed by atoms with Crippen molar-refractivity contribution >= 4 is 23.6 Å². The van der Waals surface area contributed by atoms with E-state index in [2.05, 4.69) is 25.6 Å². The van der Waals surface area contributed by atoms with E-state index < -0.39 is 12.0 Å². The number of para-hydroxylation sites is 2. The van der Waals surface area contributed by atoms with Crippen LogP contribution in [-0.2, 0) is 9.59 Å². The smallest absolute Gasteiger partial charge is 0.283 e. The van der Waals surface area contributed by atoms with Crippen molar-refractivity contribution in [3.8, 4) is 11.5 Å². The van der Waals surface area contributed by atoms with E-state index in [1.165, 1.54) is 11.8 Å². The topological polar surface area (TPSA) is 107 Å². The van der Waals surface area contributed by atoms with E-state index in [1.807, 2.05) is 13.0 Å². The van der Waals surface area contributed by atoms with Crippen LogP contribution in [0.15, 0.2) is 29.4 Å². The van der Waals surface area contributed by atoms with Crippen LogP contribution in [0.4, 0.5) is 0 Å². The lowest BCUT2D eigenvalue weighted by Crippen LogP contribution is -2.51. The lowest BCUT2D eigenvalue weighted by atomic mass is 10.2. The Kier molecular flexibility index (Phi) is 4.88. The largest absolute Gasteiger partial charge is 0.485 e. The maximum Gasteiger partial charge on any atom is 0.283 e. The molecule has 2 aromatic rings. The fourth-order valence-electron chi connectivity index (χ4n) is 2.73. The number of amides is 2. The summed E-state index contributed by atoms with van der Waals surface area (Å²) in [6, 6.07) is 7.55. The number of ether oxygens (including phenoxy) is 2. The highest BCUT2D eigenvalue weighted by Crippen LogP contribution is 2.38. The van der Waals surface area contributed by atoms with Crippen molar-refractivity contribution < 1.29 is 19.1 Å². The van der Waals surface area contributed by atoms with Crippen molar-refractivity contribution in [2.24, 2.45) is 0 Å². The van der Waals surface area contributed by atoms with Crippen LogP contribution in [-0.4, -0.2) is 45.0 Å². The molecular weight excluding hydrogens is 370 g/mol. The summed E-state index contributed by atoms with van der Waals surface area (Å²) >= 11 is 1.29. The standard InChI is InChI=1S/C17H19N5O4S/c1-10-18-21-17(22(10)11-6-7-11)27-9-15(23)19-20-16(24)14-8-25-12-4-2-3-5-13(12)26-14/h2-5,11,14H,6-9H2,1H3,(H,19,23)(H,20,24)/t14-/m1/s1. The SMILES string of the molecule is Cc1nnc(SCC(=O)NNC(=O)[C@H]2COc3ccccc3O2)n1C1CC1. The van der Waals surface area contributed by atoms with Crippen molar-refractivity contribution in [2.45, 2.75) is 37.1 Å². The molecule has 4 rings (SSSR count). The Morgan fingerprint density at radius 1 is 1.22 bits per heavy atom. The first-order valence-corrected chi connectivity index (χ1v) is 9.62. The minimum absolute atomic E-state index is 0.0806. The molecule has 0 unspecified atom stereocenters. The minimum Gasteiger partial charge on any atom is -0.485 e. The summed E-state index contributed by atoms with van der Waals surface area (Å²) in [5.74, 6) is 1.25. The van der Waals surface area contributed by atoms with E-state index in [0.29, 0.717) is 17.5 Å². The van der Waals surface area contributed by atoms with Gasteiger partial charge in [-0.2, -0.15) is 0 Å². The minimum atomic E-state index is -0.825. The molecular formula is C17H19N5O4S. The number of nitrogens with zero attached hydrogens (tertiary/aromatic N) is 3. The first kappa shape index (κ1) is 17.7. The third-order valence-corrected chi connectivity index (χ3v) is 5.15. The molecule has 142 valence electrons. The summed E-state index contributed by atoms with van der Waals surface area (Å²) < 4.78 is 13.1. The van der Waals surface area contributed by atoms with Crippen molar-refractivity contribution in [3.63, 3.8) is 0 Å². The molecule has 1 aliphatic heterocycles. The Bertz CT molecular complexity index is 867. The number of thioether (sulfide) groups is 1. The molecule has 0 bridgehead atoms. The van der Waals surface area contributed by atoms with Gasteiger partial charge in [0.2, 0.25) is 12.0 Å².